The van der Waals surface area contributed by atoms with Gasteiger partial charge in [0.05, 0.1) is 6.07 Å². The van der Waals surface area contributed by atoms with Crippen molar-refractivity contribution in [2.45, 2.75) is 39.2 Å². The zero-order chi connectivity index (χ0) is 16.4. The third-order valence-electron chi connectivity index (χ3n) is 3.30. The van der Waals surface area contributed by atoms with Crippen molar-refractivity contribution in [1.82, 2.24) is 9.47 Å². The highest BCUT2D eigenvalue weighted by molar-refractivity contribution is 5.77. The summed E-state index contributed by atoms with van der Waals surface area (Å²) in [7, 11) is 1.73. The predicted molar refractivity (Wildman–Crippen MR) is 83.6 cm³/mol. The molecule has 1 aromatic heterocycles. The lowest BCUT2D eigenvalue weighted by Gasteiger charge is -2.17. The van der Waals surface area contributed by atoms with Gasteiger partial charge in [-0.05, 0) is 25.0 Å². The smallest absolute Gasteiger partial charge is 0.292 e. The summed E-state index contributed by atoms with van der Waals surface area (Å²) >= 11 is 0. The second-order valence-electron chi connectivity index (χ2n) is 5.09. The fourth-order valence-corrected chi connectivity index (χ4v) is 1.90. The Balaban J connectivity index is 2.59. The van der Waals surface area contributed by atoms with Gasteiger partial charge in [0.25, 0.3) is 11.5 Å². The fourth-order valence-electron chi connectivity index (χ4n) is 1.90. The zero-order valence-corrected chi connectivity index (χ0v) is 13.2. The van der Waals surface area contributed by atoms with Crippen LogP contribution in [0.3, 0.4) is 0 Å². The zero-order valence-electron chi connectivity index (χ0n) is 13.2. The number of aryl methyl sites for hydroxylation is 1. The van der Waals surface area contributed by atoms with Gasteiger partial charge in [-0.2, -0.15) is 5.26 Å². The van der Waals surface area contributed by atoms with Crippen LogP contribution >= 0.6 is 0 Å². The molecule has 0 aliphatic rings. The van der Waals surface area contributed by atoms with Crippen LogP contribution in [0.4, 0.5) is 0 Å². The second kappa shape index (κ2) is 9.61. The number of hydrogen-bond donors (Lipinski definition) is 0. The van der Waals surface area contributed by atoms with Crippen molar-refractivity contribution >= 4 is 5.91 Å². The Hall–Kier alpha value is -2.29. The Morgan fingerprint density at radius 1 is 1.45 bits per heavy atom. The molecule has 0 saturated heterocycles. The average Bonchev–Trinajstić information content (AvgIpc) is 2.52. The molecule has 1 aromatic rings. The maximum absolute atomic E-state index is 12.1. The van der Waals surface area contributed by atoms with Crippen molar-refractivity contribution < 1.29 is 9.53 Å². The fraction of sp³-hybridized carbons (Fsp3) is 0.562. The van der Waals surface area contributed by atoms with E-state index in [0.717, 1.165) is 12.8 Å². The molecule has 0 spiro atoms. The van der Waals surface area contributed by atoms with Gasteiger partial charge in [0.15, 0.2) is 12.4 Å². The van der Waals surface area contributed by atoms with Crippen molar-refractivity contribution in [2.75, 3.05) is 20.2 Å². The molecule has 0 fully saturated rings. The molecule has 6 nitrogen and oxygen atoms in total. The highest BCUT2D eigenvalue weighted by Gasteiger charge is 2.11. The molecule has 0 aromatic carbocycles. The maximum Gasteiger partial charge on any atom is 0.292 e. The number of pyridine rings is 1. The van der Waals surface area contributed by atoms with Crippen LogP contribution in [0.5, 0.6) is 5.75 Å². The number of amides is 1. The highest BCUT2D eigenvalue weighted by atomic mass is 16.5. The normalized spacial score (nSPS) is 10.0. The molecule has 0 bridgehead atoms. The molecule has 0 saturated carbocycles. The summed E-state index contributed by atoms with van der Waals surface area (Å²) in [4.78, 5) is 25.6. The number of unbranched alkanes of at least 4 members (excludes halogenated alkanes) is 2. The first-order chi connectivity index (χ1) is 10.6. The summed E-state index contributed by atoms with van der Waals surface area (Å²) in [6, 6.07) is 5.31. The van der Waals surface area contributed by atoms with Crippen molar-refractivity contribution in [1.29, 1.82) is 5.26 Å². The number of rotatable bonds is 9. The number of nitriles is 1. The number of aromatic nitrogens is 1. The van der Waals surface area contributed by atoms with Gasteiger partial charge in [-0.15, -0.1) is 0 Å². The molecule has 1 rings (SSSR count). The number of likely N-dealkylation sites (N-methyl/N-ethyl adjacent to an activating group) is 1. The first kappa shape index (κ1) is 17.8. The predicted octanol–water partition coefficient (Wildman–Crippen LogP) is 1.79. The summed E-state index contributed by atoms with van der Waals surface area (Å²) in [6.07, 6.45) is 4.63. The summed E-state index contributed by atoms with van der Waals surface area (Å²) in [6.45, 7) is 3.07. The van der Waals surface area contributed by atoms with E-state index in [-0.39, 0.29) is 23.8 Å². The van der Waals surface area contributed by atoms with Crippen molar-refractivity contribution in [3.05, 3.63) is 28.7 Å². The van der Waals surface area contributed by atoms with E-state index in [2.05, 4.69) is 6.92 Å². The van der Waals surface area contributed by atoms with E-state index in [9.17, 15) is 9.59 Å². The Kier molecular flexibility index (Phi) is 7.76. The standard InChI is InChI=1S/C16H23N3O3/c1-3-4-10-18(2)15(20)13-22-14-8-7-12-19(16(14)21)11-6-5-9-17/h7-8,12H,3-6,10-11,13H2,1-2H3. The lowest BCUT2D eigenvalue weighted by atomic mass is 10.3. The summed E-state index contributed by atoms with van der Waals surface area (Å²) in [5.41, 5.74) is -0.274. The molecular formula is C16H23N3O3. The number of ether oxygens (including phenoxy) is 1. The molecule has 0 aliphatic carbocycles. The highest BCUT2D eigenvalue weighted by Crippen LogP contribution is 2.04. The lowest BCUT2D eigenvalue weighted by molar-refractivity contribution is -0.132. The Morgan fingerprint density at radius 2 is 2.23 bits per heavy atom. The molecule has 0 radical (unpaired) electrons. The third kappa shape index (κ3) is 5.60. The molecule has 0 aliphatic heterocycles. The van der Waals surface area contributed by atoms with E-state index in [1.165, 1.54) is 4.57 Å². The Bertz CT molecular complexity index is 575. The lowest BCUT2D eigenvalue weighted by Crippen LogP contribution is -2.33. The van der Waals surface area contributed by atoms with Crippen molar-refractivity contribution in [2.24, 2.45) is 0 Å². The van der Waals surface area contributed by atoms with Crippen LogP contribution in [-0.2, 0) is 11.3 Å². The van der Waals surface area contributed by atoms with Gasteiger partial charge in [0.2, 0.25) is 0 Å². The molecule has 22 heavy (non-hydrogen) atoms. The average molecular weight is 305 g/mol. The van der Waals surface area contributed by atoms with Gasteiger partial charge in [0.1, 0.15) is 0 Å². The molecular weight excluding hydrogens is 282 g/mol. The van der Waals surface area contributed by atoms with Crippen LogP contribution in [0.25, 0.3) is 0 Å². The molecule has 6 heteroatoms. The largest absolute Gasteiger partial charge is 0.478 e. The number of carbonyl (C=O) groups is 1. The van der Waals surface area contributed by atoms with Crippen molar-refractivity contribution in [3.63, 3.8) is 0 Å². The van der Waals surface area contributed by atoms with Crippen LogP contribution in [0.1, 0.15) is 32.6 Å². The van der Waals surface area contributed by atoms with Gasteiger partial charge >= 0.3 is 0 Å². The van der Waals surface area contributed by atoms with Gasteiger partial charge < -0.3 is 14.2 Å². The molecule has 120 valence electrons. The Labute approximate surface area is 130 Å². The SMILES string of the molecule is CCCCN(C)C(=O)COc1cccn(CCCC#N)c1=O. The summed E-state index contributed by atoms with van der Waals surface area (Å²) in [5, 5.41) is 8.52. The van der Waals surface area contributed by atoms with Crippen LogP contribution < -0.4 is 10.3 Å². The number of carbonyl (C=O) groups excluding carboxylic acids is 1. The first-order valence-electron chi connectivity index (χ1n) is 7.53. The molecule has 1 heterocycles. The summed E-state index contributed by atoms with van der Waals surface area (Å²) in [5.74, 6) is 0.0180. The minimum Gasteiger partial charge on any atom is -0.478 e. The number of nitrogens with zero attached hydrogens (tertiary/aromatic N) is 3. The van der Waals surface area contributed by atoms with Crippen LogP contribution in [0, 0.1) is 11.3 Å². The minimum absolute atomic E-state index is 0.141. The van der Waals surface area contributed by atoms with E-state index in [0.29, 0.717) is 25.9 Å². The minimum atomic E-state index is -0.274. The van der Waals surface area contributed by atoms with E-state index in [1.54, 1.807) is 30.3 Å². The van der Waals surface area contributed by atoms with Crippen LogP contribution in [0.15, 0.2) is 23.1 Å². The number of hydrogen-bond acceptors (Lipinski definition) is 4. The van der Waals surface area contributed by atoms with Gasteiger partial charge in [-0.3, -0.25) is 9.59 Å². The van der Waals surface area contributed by atoms with E-state index in [4.69, 9.17) is 10.00 Å². The quantitative estimate of drug-likeness (QED) is 0.652. The molecule has 0 unspecified atom stereocenters. The third-order valence-corrected chi connectivity index (χ3v) is 3.30. The second-order valence-corrected chi connectivity index (χ2v) is 5.09. The van der Waals surface area contributed by atoms with Crippen molar-refractivity contribution in [3.8, 4) is 11.8 Å². The summed E-state index contributed by atoms with van der Waals surface area (Å²) < 4.78 is 6.86. The van der Waals surface area contributed by atoms with E-state index in [1.807, 2.05) is 6.07 Å². The Morgan fingerprint density at radius 3 is 2.91 bits per heavy atom. The van der Waals surface area contributed by atoms with Crippen LogP contribution in [0.2, 0.25) is 0 Å². The van der Waals surface area contributed by atoms with Crippen LogP contribution in [-0.4, -0.2) is 35.6 Å². The maximum atomic E-state index is 12.1. The molecule has 0 atom stereocenters. The van der Waals surface area contributed by atoms with Gasteiger partial charge in [-0.1, -0.05) is 13.3 Å². The topological polar surface area (TPSA) is 75.3 Å². The van der Waals surface area contributed by atoms with E-state index >= 15 is 0 Å². The van der Waals surface area contributed by atoms with E-state index < -0.39 is 0 Å². The molecule has 0 N–H and O–H groups in total. The van der Waals surface area contributed by atoms with Gasteiger partial charge in [0, 0.05) is 32.8 Å². The first-order valence-corrected chi connectivity index (χ1v) is 7.53. The monoisotopic (exact) mass is 305 g/mol. The molecule has 1 amide bonds. The van der Waals surface area contributed by atoms with Gasteiger partial charge in [-0.25, -0.2) is 0 Å².